The van der Waals surface area contributed by atoms with Gasteiger partial charge in [0.1, 0.15) is 12.3 Å². The van der Waals surface area contributed by atoms with Gasteiger partial charge in [0.05, 0.1) is 22.2 Å². The molecular weight excluding hydrogens is 480 g/mol. The number of hydrogen-bond donors (Lipinski definition) is 1. The largest absolute Gasteiger partial charge is 0.496 e. The van der Waals surface area contributed by atoms with E-state index >= 15 is 0 Å². The van der Waals surface area contributed by atoms with E-state index in [9.17, 15) is 9.59 Å². The molecule has 0 aromatic heterocycles. The van der Waals surface area contributed by atoms with Gasteiger partial charge in [-0.1, -0.05) is 30.0 Å². The number of hydrogen-bond acceptors (Lipinski definition) is 5. The van der Waals surface area contributed by atoms with E-state index in [0.29, 0.717) is 24.7 Å². The minimum atomic E-state index is -0.196. The quantitative estimate of drug-likeness (QED) is 0.402. The van der Waals surface area contributed by atoms with Gasteiger partial charge in [-0.3, -0.25) is 14.5 Å². The molecule has 3 rings (SSSR count). The minimum Gasteiger partial charge on any atom is -0.496 e. The predicted molar refractivity (Wildman–Crippen MR) is 127 cm³/mol. The van der Waals surface area contributed by atoms with Crippen molar-refractivity contribution in [2.75, 3.05) is 38.3 Å². The van der Waals surface area contributed by atoms with Crippen molar-refractivity contribution in [3.05, 3.63) is 57.4 Å². The highest BCUT2D eigenvalue weighted by molar-refractivity contribution is 9.10. The molecule has 8 heteroatoms. The Morgan fingerprint density at radius 1 is 1.26 bits per heavy atom. The first-order valence-electron chi connectivity index (χ1n) is 10.0. The van der Waals surface area contributed by atoms with Crippen molar-refractivity contribution in [1.29, 1.82) is 0 Å². The third kappa shape index (κ3) is 6.12. The molecule has 1 N–H and O–H groups in total. The highest BCUT2D eigenvalue weighted by atomic mass is 79.9. The molecule has 164 valence electrons. The number of amides is 2. The highest BCUT2D eigenvalue weighted by Gasteiger charge is 2.30. The molecule has 0 unspecified atom stereocenters. The number of halogens is 1. The summed E-state index contributed by atoms with van der Waals surface area (Å²) in [5.41, 5.74) is 1.61. The maximum Gasteiger partial charge on any atom is 0.265 e. The zero-order chi connectivity index (χ0) is 22.2. The summed E-state index contributed by atoms with van der Waals surface area (Å²) in [6, 6.07) is 13.2. The normalized spacial score (nSPS) is 14.5. The molecular formula is C23H25BrN2O4S. The first-order chi connectivity index (χ1) is 15.0. The SMILES string of the molecule is CCOCCCNC(=O)CN1C(=O)C(=Cc2ccc(OC)c(Br)c2)Sc2ccccc21. The third-order valence-electron chi connectivity index (χ3n) is 4.60. The van der Waals surface area contributed by atoms with Crippen LogP contribution in [0.5, 0.6) is 5.75 Å². The Morgan fingerprint density at radius 3 is 2.81 bits per heavy atom. The van der Waals surface area contributed by atoms with E-state index in [1.165, 1.54) is 16.7 Å². The minimum absolute atomic E-state index is 0.0330. The van der Waals surface area contributed by atoms with E-state index in [2.05, 4.69) is 21.2 Å². The number of nitrogens with zero attached hydrogens (tertiary/aromatic N) is 1. The molecule has 0 saturated carbocycles. The lowest BCUT2D eigenvalue weighted by Crippen LogP contribution is -2.43. The number of methoxy groups -OCH3 is 1. The number of nitrogens with one attached hydrogen (secondary N) is 1. The van der Waals surface area contributed by atoms with Crippen molar-refractivity contribution in [3.8, 4) is 5.75 Å². The highest BCUT2D eigenvalue weighted by Crippen LogP contribution is 2.42. The van der Waals surface area contributed by atoms with Crippen LogP contribution in [0.15, 0.2) is 56.7 Å². The lowest BCUT2D eigenvalue weighted by atomic mass is 10.2. The average Bonchev–Trinajstić information content (AvgIpc) is 2.76. The Hall–Kier alpha value is -2.29. The van der Waals surface area contributed by atoms with Gasteiger partial charge in [-0.05, 0) is 65.2 Å². The van der Waals surface area contributed by atoms with Gasteiger partial charge in [-0.15, -0.1) is 0 Å². The molecule has 6 nitrogen and oxygen atoms in total. The number of thioether (sulfide) groups is 1. The summed E-state index contributed by atoms with van der Waals surface area (Å²) in [6.45, 7) is 3.67. The van der Waals surface area contributed by atoms with Crippen molar-refractivity contribution in [2.45, 2.75) is 18.2 Å². The molecule has 0 bridgehead atoms. The molecule has 0 atom stereocenters. The number of fused-ring (bicyclic) bond motifs is 1. The van der Waals surface area contributed by atoms with Gasteiger partial charge < -0.3 is 14.8 Å². The number of benzene rings is 2. The average molecular weight is 505 g/mol. The van der Waals surface area contributed by atoms with Crippen molar-refractivity contribution in [3.63, 3.8) is 0 Å². The molecule has 0 fully saturated rings. The standard InChI is InChI=1S/C23H25BrN2O4S/c1-3-30-12-6-11-25-22(27)15-26-18-7-4-5-8-20(18)31-21(23(26)28)14-16-9-10-19(29-2)17(24)13-16/h4-5,7-10,13-14H,3,6,11-12,15H2,1-2H3,(H,25,27). The molecule has 0 radical (unpaired) electrons. The molecule has 0 spiro atoms. The third-order valence-corrected chi connectivity index (χ3v) is 6.30. The van der Waals surface area contributed by atoms with E-state index in [4.69, 9.17) is 9.47 Å². The van der Waals surface area contributed by atoms with E-state index in [1.807, 2.05) is 55.5 Å². The van der Waals surface area contributed by atoms with Crippen LogP contribution >= 0.6 is 27.7 Å². The van der Waals surface area contributed by atoms with Gasteiger partial charge in [-0.25, -0.2) is 0 Å². The molecule has 2 amide bonds. The molecule has 31 heavy (non-hydrogen) atoms. The summed E-state index contributed by atoms with van der Waals surface area (Å²) in [5, 5.41) is 2.87. The van der Waals surface area contributed by atoms with Crippen LogP contribution in [0.2, 0.25) is 0 Å². The number of ether oxygens (including phenoxy) is 2. The Kier molecular flexibility index (Phi) is 8.57. The van der Waals surface area contributed by atoms with E-state index in [-0.39, 0.29) is 18.4 Å². The number of carbonyl (C=O) groups is 2. The van der Waals surface area contributed by atoms with Gasteiger partial charge in [0.25, 0.3) is 5.91 Å². The summed E-state index contributed by atoms with van der Waals surface area (Å²) in [7, 11) is 1.61. The smallest absolute Gasteiger partial charge is 0.265 e. The first-order valence-corrected chi connectivity index (χ1v) is 11.6. The molecule has 1 heterocycles. The van der Waals surface area contributed by atoms with Crippen LogP contribution < -0.4 is 15.0 Å². The fourth-order valence-corrected chi connectivity index (χ4v) is 4.71. The molecule has 1 aliphatic rings. The Bertz CT molecular complexity index is 980. The van der Waals surface area contributed by atoms with Gasteiger partial charge in [0.15, 0.2) is 0 Å². The fraction of sp³-hybridized carbons (Fsp3) is 0.304. The number of carbonyl (C=O) groups excluding carboxylic acids is 2. The fourth-order valence-electron chi connectivity index (χ4n) is 3.09. The monoisotopic (exact) mass is 504 g/mol. The summed E-state index contributed by atoms with van der Waals surface area (Å²) < 4.78 is 11.4. The van der Waals surface area contributed by atoms with Gasteiger partial charge in [-0.2, -0.15) is 0 Å². The Morgan fingerprint density at radius 2 is 2.06 bits per heavy atom. The predicted octanol–water partition coefficient (Wildman–Crippen LogP) is 4.48. The topological polar surface area (TPSA) is 67.9 Å². The summed E-state index contributed by atoms with van der Waals surface area (Å²) in [5.74, 6) is 0.330. The van der Waals surface area contributed by atoms with Crippen LogP contribution in [0.3, 0.4) is 0 Å². The van der Waals surface area contributed by atoms with E-state index < -0.39 is 0 Å². The Labute approximate surface area is 195 Å². The van der Waals surface area contributed by atoms with Crippen LogP contribution in [0.25, 0.3) is 6.08 Å². The lowest BCUT2D eigenvalue weighted by Gasteiger charge is -2.29. The number of rotatable bonds is 9. The number of para-hydroxylation sites is 1. The second-order valence-electron chi connectivity index (χ2n) is 6.76. The summed E-state index contributed by atoms with van der Waals surface area (Å²) in [6.07, 6.45) is 2.57. The first kappa shape index (κ1) is 23.4. The molecule has 0 aliphatic carbocycles. The zero-order valence-corrected chi connectivity index (χ0v) is 19.9. The molecule has 2 aromatic carbocycles. The van der Waals surface area contributed by atoms with E-state index in [0.717, 1.165) is 32.8 Å². The van der Waals surface area contributed by atoms with Crippen molar-refractivity contribution in [1.82, 2.24) is 5.32 Å². The molecule has 1 aliphatic heterocycles. The maximum absolute atomic E-state index is 13.3. The van der Waals surface area contributed by atoms with Crippen molar-refractivity contribution >= 4 is 51.3 Å². The van der Waals surface area contributed by atoms with Crippen LogP contribution in [0.1, 0.15) is 18.9 Å². The maximum atomic E-state index is 13.3. The van der Waals surface area contributed by atoms with Crippen LogP contribution in [-0.4, -0.2) is 45.2 Å². The Balaban J connectivity index is 1.78. The summed E-state index contributed by atoms with van der Waals surface area (Å²) in [4.78, 5) is 28.8. The van der Waals surface area contributed by atoms with Gasteiger partial charge in [0.2, 0.25) is 5.91 Å². The molecule has 0 saturated heterocycles. The zero-order valence-electron chi connectivity index (χ0n) is 17.5. The van der Waals surface area contributed by atoms with Crippen molar-refractivity contribution in [2.24, 2.45) is 0 Å². The second-order valence-corrected chi connectivity index (χ2v) is 8.70. The van der Waals surface area contributed by atoms with Crippen LogP contribution in [0.4, 0.5) is 5.69 Å². The van der Waals surface area contributed by atoms with Crippen LogP contribution in [-0.2, 0) is 14.3 Å². The summed E-state index contributed by atoms with van der Waals surface area (Å²) >= 11 is 4.89. The lowest BCUT2D eigenvalue weighted by molar-refractivity contribution is -0.122. The van der Waals surface area contributed by atoms with Crippen LogP contribution in [0, 0.1) is 0 Å². The second kappa shape index (κ2) is 11.4. The number of anilines is 1. The molecule has 2 aromatic rings. The van der Waals surface area contributed by atoms with Gasteiger partial charge in [0, 0.05) is 24.7 Å². The van der Waals surface area contributed by atoms with E-state index in [1.54, 1.807) is 7.11 Å². The van der Waals surface area contributed by atoms with Crippen molar-refractivity contribution < 1.29 is 19.1 Å². The van der Waals surface area contributed by atoms with Gasteiger partial charge >= 0.3 is 0 Å².